The fourth-order valence-electron chi connectivity index (χ4n) is 2.15. The number of alkyl halides is 2. The number of carbonyl (C=O) groups is 1. The topological polar surface area (TPSA) is 41.1 Å². The van der Waals surface area contributed by atoms with Crippen molar-refractivity contribution < 1.29 is 13.6 Å². The van der Waals surface area contributed by atoms with E-state index in [1.54, 1.807) is 0 Å². The first-order valence-electron chi connectivity index (χ1n) is 6.35. The molecule has 5 heteroatoms. The lowest BCUT2D eigenvalue weighted by Crippen LogP contribution is -2.41. The van der Waals surface area contributed by atoms with Gasteiger partial charge in [-0.1, -0.05) is 29.8 Å². The van der Waals surface area contributed by atoms with Crippen molar-refractivity contribution in [2.75, 3.05) is 6.54 Å². The van der Waals surface area contributed by atoms with Crippen molar-refractivity contribution in [2.45, 2.75) is 38.3 Å². The minimum atomic E-state index is -2.78. The van der Waals surface area contributed by atoms with Crippen LogP contribution in [0.4, 0.5) is 8.78 Å². The van der Waals surface area contributed by atoms with Gasteiger partial charge in [0.05, 0.1) is 18.6 Å². The molecule has 2 atom stereocenters. The summed E-state index contributed by atoms with van der Waals surface area (Å²) in [5.74, 6) is -3.15. The van der Waals surface area contributed by atoms with E-state index in [0.29, 0.717) is 0 Å². The minimum absolute atomic E-state index is 0.191. The monoisotopic (exact) mass is 268 g/mol. The Morgan fingerprint density at radius 3 is 2.58 bits per heavy atom. The Hall–Kier alpha value is -1.49. The highest BCUT2D eigenvalue weighted by atomic mass is 19.3. The van der Waals surface area contributed by atoms with Gasteiger partial charge in [0.25, 0.3) is 5.92 Å². The molecule has 2 N–H and O–H groups in total. The second kappa shape index (κ2) is 5.25. The number of nitrogens with one attached hydrogen (secondary N) is 2. The molecule has 1 fully saturated rings. The Kier molecular flexibility index (Phi) is 3.85. The van der Waals surface area contributed by atoms with Gasteiger partial charge >= 0.3 is 0 Å². The van der Waals surface area contributed by atoms with Gasteiger partial charge in [-0.25, -0.2) is 8.78 Å². The molecule has 19 heavy (non-hydrogen) atoms. The molecule has 0 aromatic heterocycles. The van der Waals surface area contributed by atoms with E-state index >= 15 is 0 Å². The largest absolute Gasteiger partial charge is 0.348 e. The van der Waals surface area contributed by atoms with Crippen LogP contribution in [0, 0.1) is 6.92 Å². The van der Waals surface area contributed by atoms with Crippen molar-refractivity contribution >= 4 is 5.91 Å². The third-order valence-electron chi connectivity index (χ3n) is 3.36. The molecule has 0 aliphatic carbocycles. The van der Waals surface area contributed by atoms with Crippen LogP contribution in [0.1, 0.15) is 30.5 Å². The van der Waals surface area contributed by atoms with Crippen LogP contribution in [0.15, 0.2) is 24.3 Å². The van der Waals surface area contributed by atoms with Crippen molar-refractivity contribution in [1.82, 2.24) is 10.6 Å². The maximum absolute atomic E-state index is 13.0. The zero-order valence-electron chi connectivity index (χ0n) is 11.0. The van der Waals surface area contributed by atoms with Gasteiger partial charge in [-0.15, -0.1) is 0 Å². The van der Waals surface area contributed by atoms with Crippen molar-refractivity contribution in [3.8, 4) is 0 Å². The quantitative estimate of drug-likeness (QED) is 0.882. The summed E-state index contributed by atoms with van der Waals surface area (Å²) in [6, 6.07) is 6.78. The van der Waals surface area contributed by atoms with Crippen molar-refractivity contribution in [3.63, 3.8) is 0 Å². The molecule has 0 saturated carbocycles. The van der Waals surface area contributed by atoms with Crippen molar-refractivity contribution in [2.24, 2.45) is 0 Å². The summed E-state index contributed by atoms with van der Waals surface area (Å²) in [6.07, 6.45) is -0.431. The molecule has 2 unspecified atom stereocenters. The van der Waals surface area contributed by atoms with Crippen LogP contribution in [-0.4, -0.2) is 24.4 Å². The number of halogens is 2. The van der Waals surface area contributed by atoms with Gasteiger partial charge in [-0.2, -0.15) is 0 Å². The predicted octanol–water partition coefficient (Wildman–Crippen LogP) is 2.17. The van der Waals surface area contributed by atoms with Gasteiger partial charge in [0.1, 0.15) is 0 Å². The summed E-state index contributed by atoms with van der Waals surface area (Å²) >= 11 is 0. The molecular weight excluding hydrogens is 250 g/mol. The Morgan fingerprint density at radius 1 is 1.42 bits per heavy atom. The zero-order chi connectivity index (χ0) is 14.0. The van der Waals surface area contributed by atoms with Gasteiger partial charge in [0.2, 0.25) is 5.91 Å². The molecule has 104 valence electrons. The maximum atomic E-state index is 13.0. The Labute approximate surface area is 111 Å². The summed E-state index contributed by atoms with van der Waals surface area (Å²) in [5.41, 5.74) is 2.10. The molecule has 1 saturated heterocycles. The number of aryl methyl sites for hydroxylation is 1. The summed E-state index contributed by atoms with van der Waals surface area (Å²) in [7, 11) is 0. The van der Waals surface area contributed by atoms with Crippen LogP contribution in [0.2, 0.25) is 0 Å². The second-order valence-electron chi connectivity index (χ2n) is 5.13. The van der Waals surface area contributed by atoms with E-state index in [-0.39, 0.29) is 11.9 Å². The fourth-order valence-corrected chi connectivity index (χ4v) is 2.15. The maximum Gasteiger partial charge on any atom is 0.262 e. The number of amides is 1. The first-order valence-corrected chi connectivity index (χ1v) is 6.35. The first-order chi connectivity index (χ1) is 8.87. The average Bonchev–Trinajstić information content (AvgIpc) is 2.70. The Morgan fingerprint density at radius 2 is 2.05 bits per heavy atom. The number of hydrogen-bond donors (Lipinski definition) is 2. The Balaban J connectivity index is 1.94. The van der Waals surface area contributed by atoms with Gasteiger partial charge < -0.3 is 5.32 Å². The summed E-state index contributed by atoms with van der Waals surface area (Å²) < 4.78 is 26.0. The third kappa shape index (κ3) is 3.50. The van der Waals surface area contributed by atoms with E-state index in [1.165, 1.54) is 0 Å². The van der Waals surface area contributed by atoms with Crippen LogP contribution in [0.3, 0.4) is 0 Å². The number of rotatable bonds is 3. The molecule has 1 heterocycles. The molecule has 0 spiro atoms. The van der Waals surface area contributed by atoms with Crippen LogP contribution in [-0.2, 0) is 4.79 Å². The third-order valence-corrected chi connectivity index (χ3v) is 3.36. The number of hydrogen-bond acceptors (Lipinski definition) is 2. The van der Waals surface area contributed by atoms with E-state index in [0.717, 1.165) is 11.1 Å². The molecule has 1 amide bonds. The zero-order valence-corrected chi connectivity index (χ0v) is 11.0. The molecule has 1 aromatic rings. The smallest absolute Gasteiger partial charge is 0.262 e. The van der Waals surface area contributed by atoms with Crippen LogP contribution < -0.4 is 10.6 Å². The number of benzene rings is 1. The van der Waals surface area contributed by atoms with Gasteiger partial charge in [0.15, 0.2) is 0 Å². The number of carbonyl (C=O) groups excluding carboxylic acids is 1. The lowest BCUT2D eigenvalue weighted by molar-refractivity contribution is -0.124. The predicted molar refractivity (Wildman–Crippen MR) is 69.1 cm³/mol. The van der Waals surface area contributed by atoms with E-state index < -0.39 is 24.9 Å². The summed E-state index contributed by atoms with van der Waals surface area (Å²) in [4.78, 5) is 11.9. The van der Waals surface area contributed by atoms with Gasteiger partial charge in [-0.05, 0) is 19.4 Å². The normalized spacial score (nSPS) is 23.1. The molecule has 3 nitrogen and oxygen atoms in total. The van der Waals surface area contributed by atoms with E-state index in [4.69, 9.17) is 0 Å². The highest BCUT2D eigenvalue weighted by molar-refractivity contribution is 5.82. The summed E-state index contributed by atoms with van der Waals surface area (Å²) in [6.45, 7) is 3.40. The molecular formula is C14H18F2N2O. The fraction of sp³-hybridized carbons (Fsp3) is 0.500. The van der Waals surface area contributed by atoms with Crippen molar-refractivity contribution in [3.05, 3.63) is 35.4 Å². The van der Waals surface area contributed by atoms with Gasteiger partial charge in [-0.3, -0.25) is 10.1 Å². The second-order valence-corrected chi connectivity index (χ2v) is 5.13. The van der Waals surface area contributed by atoms with Crippen LogP contribution in [0.25, 0.3) is 0 Å². The first kappa shape index (κ1) is 13.9. The molecule has 0 bridgehead atoms. The lowest BCUT2D eigenvalue weighted by Gasteiger charge is -2.17. The van der Waals surface area contributed by atoms with Crippen molar-refractivity contribution in [1.29, 1.82) is 0 Å². The van der Waals surface area contributed by atoms with E-state index in [2.05, 4.69) is 10.6 Å². The Bertz CT molecular complexity index is 459. The molecule has 1 aliphatic rings. The lowest BCUT2D eigenvalue weighted by atomic mass is 10.1. The van der Waals surface area contributed by atoms with Crippen LogP contribution in [0.5, 0.6) is 0 Å². The van der Waals surface area contributed by atoms with E-state index in [9.17, 15) is 13.6 Å². The molecule has 1 aromatic carbocycles. The van der Waals surface area contributed by atoms with Crippen LogP contribution >= 0.6 is 0 Å². The molecule has 2 rings (SSSR count). The highest BCUT2D eigenvalue weighted by Gasteiger charge is 2.42. The standard InChI is InChI=1S/C14H18F2N2O/c1-9-3-5-11(6-4-9)10(2)18-13(19)12-7-14(15,16)8-17-12/h3-6,10,12,17H,7-8H2,1-2H3,(H,18,19). The summed E-state index contributed by atoms with van der Waals surface area (Å²) in [5, 5.41) is 5.31. The minimum Gasteiger partial charge on any atom is -0.348 e. The SMILES string of the molecule is Cc1ccc(C(C)NC(=O)C2CC(F)(F)CN2)cc1. The molecule has 0 radical (unpaired) electrons. The average molecular weight is 268 g/mol. The van der Waals surface area contributed by atoms with Gasteiger partial charge in [0, 0.05) is 6.42 Å². The molecule has 1 aliphatic heterocycles. The van der Waals surface area contributed by atoms with E-state index in [1.807, 2.05) is 38.1 Å². The highest BCUT2D eigenvalue weighted by Crippen LogP contribution is 2.25.